The van der Waals surface area contributed by atoms with Crippen LogP contribution in [0.5, 0.6) is 5.75 Å². The fraction of sp³-hybridized carbons (Fsp3) is 0.310. The zero-order valence-electron chi connectivity index (χ0n) is 18.6. The first kappa shape index (κ1) is 21.4. The molecular weight excluding hydrogens is 378 g/mol. The Morgan fingerprint density at radius 2 is 1.42 bits per heavy atom. The fourth-order valence-electron chi connectivity index (χ4n) is 4.51. The Morgan fingerprint density at radius 1 is 0.774 bits per heavy atom. The Hall–Kier alpha value is -2.84. The van der Waals surface area contributed by atoms with Crippen molar-refractivity contribution in [1.29, 1.82) is 0 Å². The summed E-state index contributed by atoms with van der Waals surface area (Å²) in [7, 11) is 0. The molecule has 0 saturated carbocycles. The van der Waals surface area contributed by atoms with Gasteiger partial charge < -0.3 is 9.64 Å². The topological polar surface area (TPSA) is 12.5 Å². The number of allylic oxidation sites excluding steroid dienone is 1. The zero-order chi connectivity index (χ0) is 21.3. The van der Waals surface area contributed by atoms with E-state index >= 15 is 0 Å². The predicted molar refractivity (Wildman–Crippen MR) is 131 cm³/mol. The van der Waals surface area contributed by atoms with Crippen LogP contribution < -0.4 is 4.74 Å². The molecule has 0 radical (unpaired) electrons. The Bertz CT molecular complexity index is 972. The third kappa shape index (κ3) is 5.65. The summed E-state index contributed by atoms with van der Waals surface area (Å²) in [4.78, 5) is 2.55. The molecule has 3 aromatic rings. The van der Waals surface area contributed by atoms with E-state index in [4.69, 9.17) is 4.74 Å². The smallest absolute Gasteiger partial charge is 0.119 e. The van der Waals surface area contributed by atoms with Crippen LogP contribution in [-0.4, -0.2) is 31.1 Å². The van der Waals surface area contributed by atoms with Crippen molar-refractivity contribution in [3.05, 3.63) is 102 Å². The van der Waals surface area contributed by atoms with Crippen molar-refractivity contribution in [1.82, 2.24) is 4.90 Å². The molecule has 3 aromatic carbocycles. The zero-order valence-corrected chi connectivity index (χ0v) is 18.6. The van der Waals surface area contributed by atoms with Gasteiger partial charge in [-0.15, -0.1) is 0 Å². The van der Waals surface area contributed by atoms with Crippen LogP contribution in [-0.2, 0) is 0 Å². The van der Waals surface area contributed by atoms with Crippen LogP contribution in [0.1, 0.15) is 49.3 Å². The minimum Gasteiger partial charge on any atom is -0.494 e. The molecule has 1 fully saturated rings. The van der Waals surface area contributed by atoms with Crippen LogP contribution in [0.2, 0.25) is 0 Å². The summed E-state index contributed by atoms with van der Waals surface area (Å²) in [5.74, 6) is 0.955. The van der Waals surface area contributed by atoms with Gasteiger partial charge in [0.25, 0.3) is 0 Å². The molecule has 1 aliphatic rings. The minimum atomic E-state index is 0.768. The molecule has 160 valence electrons. The van der Waals surface area contributed by atoms with Gasteiger partial charge in [0.05, 0.1) is 6.61 Å². The molecule has 0 bridgehead atoms. The molecule has 1 aliphatic heterocycles. The van der Waals surface area contributed by atoms with E-state index in [2.05, 4.69) is 96.8 Å². The lowest BCUT2D eigenvalue weighted by Gasteiger charge is -2.18. The molecule has 0 N–H and O–H groups in total. The van der Waals surface area contributed by atoms with Crippen molar-refractivity contribution in [3.8, 4) is 5.75 Å². The average molecular weight is 412 g/mol. The molecule has 0 amide bonds. The van der Waals surface area contributed by atoms with Gasteiger partial charge in [-0.05, 0) is 78.7 Å². The maximum Gasteiger partial charge on any atom is 0.119 e. The Balaban J connectivity index is 1.60. The Labute approximate surface area is 187 Å². The quantitative estimate of drug-likeness (QED) is 0.280. The first-order valence-corrected chi connectivity index (χ1v) is 11.6. The second kappa shape index (κ2) is 11.0. The van der Waals surface area contributed by atoms with E-state index in [0.717, 1.165) is 31.7 Å². The standard InChI is InChI=1S/C29H33NO/c1-2-28(24-13-5-3-6-14-24)29(25-15-7-4-8-16-25)26-17-11-18-27(23-26)31-22-12-21-30-19-9-10-20-30/h3-8,11,13-18,23H,2,9-10,12,19-22H2,1H3/b29-28-. The summed E-state index contributed by atoms with van der Waals surface area (Å²) in [5, 5.41) is 0. The number of ether oxygens (including phenoxy) is 1. The molecule has 1 heterocycles. The highest BCUT2D eigenvalue weighted by molar-refractivity contribution is 5.98. The van der Waals surface area contributed by atoms with Crippen LogP contribution in [0.25, 0.3) is 11.1 Å². The van der Waals surface area contributed by atoms with Gasteiger partial charge in [-0.1, -0.05) is 79.7 Å². The van der Waals surface area contributed by atoms with Crippen LogP contribution in [0, 0.1) is 0 Å². The van der Waals surface area contributed by atoms with Crippen molar-refractivity contribution >= 4 is 11.1 Å². The Kier molecular flexibility index (Phi) is 7.57. The molecule has 0 unspecified atom stereocenters. The van der Waals surface area contributed by atoms with Gasteiger partial charge >= 0.3 is 0 Å². The van der Waals surface area contributed by atoms with Crippen LogP contribution >= 0.6 is 0 Å². The summed E-state index contributed by atoms with van der Waals surface area (Å²) in [6, 6.07) is 30.1. The van der Waals surface area contributed by atoms with E-state index < -0.39 is 0 Å². The van der Waals surface area contributed by atoms with Gasteiger partial charge in [0.2, 0.25) is 0 Å². The molecule has 31 heavy (non-hydrogen) atoms. The van der Waals surface area contributed by atoms with Crippen LogP contribution in [0.4, 0.5) is 0 Å². The molecule has 0 aromatic heterocycles. The van der Waals surface area contributed by atoms with Crippen molar-refractivity contribution in [3.63, 3.8) is 0 Å². The summed E-state index contributed by atoms with van der Waals surface area (Å²) in [5.41, 5.74) is 6.38. The monoisotopic (exact) mass is 411 g/mol. The van der Waals surface area contributed by atoms with Crippen molar-refractivity contribution < 1.29 is 4.74 Å². The Morgan fingerprint density at radius 3 is 2.10 bits per heavy atom. The number of rotatable bonds is 9. The highest BCUT2D eigenvalue weighted by Gasteiger charge is 2.14. The van der Waals surface area contributed by atoms with Gasteiger partial charge in [-0.2, -0.15) is 0 Å². The number of hydrogen-bond donors (Lipinski definition) is 0. The summed E-state index contributed by atoms with van der Waals surface area (Å²) in [6.45, 7) is 6.65. The average Bonchev–Trinajstić information content (AvgIpc) is 3.35. The van der Waals surface area contributed by atoms with E-state index in [-0.39, 0.29) is 0 Å². The molecule has 2 heteroatoms. The maximum atomic E-state index is 6.16. The van der Waals surface area contributed by atoms with Crippen LogP contribution in [0.3, 0.4) is 0 Å². The van der Waals surface area contributed by atoms with E-state index in [9.17, 15) is 0 Å². The SMILES string of the molecule is CC/C(=C(\c1ccccc1)c1cccc(OCCCN2CCCC2)c1)c1ccccc1. The molecule has 2 nitrogen and oxygen atoms in total. The van der Waals surface area contributed by atoms with Crippen LogP contribution in [0.15, 0.2) is 84.9 Å². The lowest BCUT2D eigenvalue weighted by Crippen LogP contribution is -2.21. The van der Waals surface area contributed by atoms with E-state index in [1.807, 2.05) is 0 Å². The van der Waals surface area contributed by atoms with Gasteiger partial charge in [0, 0.05) is 6.54 Å². The number of likely N-dealkylation sites (tertiary alicyclic amines) is 1. The number of hydrogen-bond acceptors (Lipinski definition) is 2. The predicted octanol–water partition coefficient (Wildman–Crippen LogP) is 6.92. The number of nitrogens with zero attached hydrogens (tertiary/aromatic N) is 1. The highest BCUT2D eigenvalue weighted by Crippen LogP contribution is 2.35. The molecule has 4 rings (SSSR count). The number of benzene rings is 3. The largest absolute Gasteiger partial charge is 0.494 e. The molecular formula is C29H33NO. The normalized spacial score (nSPS) is 15.0. The second-order valence-corrected chi connectivity index (χ2v) is 8.22. The third-order valence-corrected chi connectivity index (χ3v) is 6.05. The summed E-state index contributed by atoms with van der Waals surface area (Å²) in [6.07, 6.45) is 4.74. The van der Waals surface area contributed by atoms with Gasteiger partial charge in [-0.25, -0.2) is 0 Å². The summed E-state index contributed by atoms with van der Waals surface area (Å²) < 4.78 is 6.16. The van der Waals surface area contributed by atoms with Crippen molar-refractivity contribution in [2.75, 3.05) is 26.2 Å². The molecule has 0 spiro atoms. The highest BCUT2D eigenvalue weighted by atomic mass is 16.5. The molecule has 0 aliphatic carbocycles. The maximum absolute atomic E-state index is 6.16. The third-order valence-electron chi connectivity index (χ3n) is 6.05. The van der Waals surface area contributed by atoms with Gasteiger partial charge in [0.1, 0.15) is 5.75 Å². The second-order valence-electron chi connectivity index (χ2n) is 8.22. The molecule has 0 atom stereocenters. The summed E-state index contributed by atoms with van der Waals surface area (Å²) >= 11 is 0. The van der Waals surface area contributed by atoms with E-state index in [1.54, 1.807) is 0 Å². The van der Waals surface area contributed by atoms with Crippen molar-refractivity contribution in [2.24, 2.45) is 0 Å². The lowest BCUT2D eigenvalue weighted by atomic mass is 9.88. The lowest BCUT2D eigenvalue weighted by molar-refractivity contribution is 0.263. The van der Waals surface area contributed by atoms with Gasteiger partial charge in [-0.3, -0.25) is 0 Å². The van der Waals surface area contributed by atoms with Gasteiger partial charge in [0.15, 0.2) is 0 Å². The first-order valence-electron chi connectivity index (χ1n) is 11.6. The first-order chi connectivity index (χ1) is 15.3. The van der Waals surface area contributed by atoms with E-state index in [1.165, 1.54) is 53.8 Å². The van der Waals surface area contributed by atoms with E-state index in [0.29, 0.717) is 0 Å². The fourth-order valence-corrected chi connectivity index (χ4v) is 4.51. The minimum absolute atomic E-state index is 0.768. The molecule has 1 saturated heterocycles. The van der Waals surface area contributed by atoms with Crippen molar-refractivity contribution in [2.45, 2.75) is 32.6 Å².